The summed E-state index contributed by atoms with van der Waals surface area (Å²) in [5.74, 6) is 1.69. The van der Waals surface area contributed by atoms with Crippen LogP contribution in [-0.2, 0) is 0 Å². The Hall–Kier alpha value is -1.22. The van der Waals surface area contributed by atoms with Crippen LogP contribution in [0.1, 0.15) is 40.0 Å². The van der Waals surface area contributed by atoms with Crippen LogP contribution in [0.4, 0.5) is 5.69 Å². The largest absolute Gasteiger partial charge is 0.492 e. The van der Waals surface area contributed by atoms with Gasteiger partial charge in [0, 0.05) is 12.6 Å². The van der Waals surface area contributed by atoms with E-state index in [0.717, 1.165) is 17.4 Å². The van der Waals surface area contributed by atoms with Gasteiger partial charge in [0.1, 0.15) is 5.75 Å². The average molecular weight is 290 g/mol. The van der Waals surface area contributed by atoms with Gasteiger partial charge in [-0.05, 0) is 64.3 Å². The zero-order valence-corrected chi connectivity index (χ0v) is 13.8. The van der Waals surface area contributed by atoms with E-state index in [-0.39, 0.29) is 0 Å². The van der Waals surface area contributed by atoms with Gasteiger partial charge in [-0.3, -0.25) is 0 Å². The summed E-state index contributed by atoms with van der Waals surface area (Å²) < 4.78 is 5.71. The summed E-state index contributed by atoms with van der Waals surface area (Å²) in [6.07, 6.45) is 3.90. The van der Waals surface area contributed by atoms with Gasteiger partial charge in [0.25, 0.3) is 0 Å². The summed E-state index contributed by atoms with van der Waals surface area (Å²) in [5, 5.41) is 3.68. The van der Waals surface area contributed by atoms with E-state index >= 15 is 0 Å². The Bertz CT molecular complexity index is 419. The number of ether oxygens (including phenoxy) is 1. The van der Waals surface area contributed by atoms with Crippen LogP contribution >= 0.6 is 0 Å². The molecule has 2 atom stereocenters. The van der Waals surface area contributed by atoms with Crippen LogP contribution in [0, 0.1) is 5.92 Å². The Morgan fingerprint density at radius 1 is 1.33 bits per heavy atom. The Morgan fingerprint density at radius 3 is 2.90 bits per heavy atom. The summed E-state index contributed by atoms with van der Waals surface area (Å²) >= 11 is 0. The molecule has 2 rings (SSSR count). The lowest BCUT2D eigenvalue weighted by Gasteiger charge is -2.36. The van der Waals surface area contributed by atoms with Crippen LogP contribution in [0.5, 0.6) is 5.75 Å². The third kappa shape index (κ3) is 4.63. The Kier molecular flexibility index (Phi) is 6.37. The van der Waals surface area contributed by atoms with Gasteiger partial charge in [0.05, 0.1) is 12.3 Å². The van der Waals surface area contributed by atoms with E-state index < -0.39 is 0 Å². The van der Waals surface area contributed by atoms with Crippen LogP contribution in [0.25, 0.3) is 0 Å². The van der Waals surface area contributed by atoms with Gasteiger partial charge in [-0.2, -0.15) is 0 Å². The third-order valence-corrected chi connectivity index (χ3v) is 4.36. The minimum Gasteiger partial charge on any atom is -0.492 e. The van der Waals surface area contributed by atoms with Crippen molar-refractivity contribution in [3.63, 3.8) is 0 Å². The highest BCUT2D eigenvalue weighted by molar-refractivity contribution is 5.56. The monoisotopic (exact) mass is 290 g/mol. The molecular formula is C18H30N2O. The van der Waals surface area contributed by atoms with E-state index in [9.17, 15) is 0 Å². The van der Waals surface area contributed by atoms with Crippen molar-refractivity contribution >= 4 is 5.69 Å². The molecule has 118 valence electrons. The molecule has 0 aromatic heterocycles. The topological polar surface area (TPSA) is 24.5 Å². The average Bonchev–Trinajstić information content (AvgIpc) is 2.50. The smallest absolute Gasteiger partial charge is 0.142 e. The highest BCUT2D eigenvalue weighted by Gasteiger charge is 2.24. The second-order valence-electron chi connectivity index (χ2n) is 6.07. The normalized spacial score (nSPS) is 21.0. The van der Waals surface area contributed by atoms with Gasteiger partial charge in [0.15, 0.2) is 0 Å². The highest BCUT2D eigenvalue weighted by atomic mass is 16.5. The first-order chi connectivity index (χ1) is 10.2. The maximum atomic E-state index is 5.71. The molecule has 1 saturated heterocycles. The fraction of sp³-hybridized carbons (Fsp3) is 0.667. The summed E-state index contributed by atoms with van der Waals surface area (Å²) in [7, 11) is 0. The van der Waals surface area contributed by atoms with Crippen LogP contribution < -0.4 is 10.1 Å². The predicted molar refractivity (Wildman–Crippen MR) is 90.2 cm³/mol. The lowest BCUT2D eigenvalue weighted by molar-refractivity contribution is 0.165. The molecule has 0 saturated carbocycles. The predicted octanol–water partition coefficient (Wildman–Crippen LogP) is 4.01. The number of benzene rings is 1. The van der Waals surface area contributed by atoms with Gasteiger partial charge < -0.3 is 15.0 Å². The molecule has 1 aromatic carbocycles. The molecule has 1 fully saturated rings. The number of rotatable bonds is 7. The van der Waals surface area contributed by atoms with Crippen molar-refractivity contribution in [3.05, 3.63) is 24.3 Å². The van der Waals surface area contributed by atoms with Crippen LogP contribution in [-0.4, -0.2) is 37.2 Å². The lowest BCUT2D eigenvalue weighted by atomic mass is 9.91. The van der Waals surface area contributed by atoms with E-state index in [1.54, 1.807) is 0 Å². The Labute approximate surface area is 129 Å². The number of anilines is 1. The summed E-state index contributed by atoms with van der Waals surface area (Å²) in [5.41, 5.74) is 1.12. The number of hydrogen-bond donors (Lipinski definition) is 1. The van der Waals surface area contributed by atoms with Crippen molar-refractivity contribution in [1.29, 1.82) is 0 Å². The van der Waals surface area contributed by atoms with Gasteiger partial charge in [-0.1, -0.05) is 19.1 Å². The molecule has 0 amide bonds. The van der Waals surface area contributed by atoms with Crippen molar-refractivity contribution in [3.8, 4) is 5.75 Å². The second kappa shape index (κ2) is 8.28. The number of hydrogen-bond acceptors (Lipinski definition) is 3. The minimum absolute atomic E-state index is 0.478. The number of nitrogens with zero attached hydrogens (tertiary/aromatic N) is 1. The molecule has 0 spiro atoms. The van der Waals surface area contributed by atoms with Gasteiger partial charge in [0.2, 0.25) is 0 Å². The van der Waals surface area contributed by atoms with Crippen molar-refractivity contribution in [2.24, 2.45) is 5.92 Å². The summed E-state index contributed by atoms with van der Waals surface area (Å²) in [6.45, 7) is 11.0. The van der Waals surface area contributed by atoms with E-state index in [2.05, 4.69) is 36.2 Å². The van der Waals surface area contributed by atoms with E-state index in [1.807, 2.05) is 19.1 Å². The second-order valence-corrected chi connectivity index (χ2v) is 6.07. The van der Waals surface area contributed by atoms with E-state index in [1.165, 1.54) is 38.9 Å². The van der Waals surface area contributed by atoms with E-state index in [4.69, 9.17) is 4.74 Å². The summed E-state index contributed by atoms with van der Waals surface area (Å²) in [6, 6.07) is 8.75. The lowest BCUT2D eigenvalue weighted by Crippen LogP contribution is -2.42. The minimum atomic E-state index is 0.478. The van der Waals surface area contributed by atoms with Crippen molar-refractivity contribution in [1.82, 2.24) is 4.90 Å². The SMILES string of the molecule is CCCN1CCCC(C(C)Nc2ccccc2OCC)C1. The van der Waals surface area contributed by atoms with Crippen molar-refractivity contribution < 1.29 is 4.74 Å². The van der Waals surface area contributed by atoms with Gasteiger partial charge in [-0.15, -0.1) is 0 Å². The molecule has 0 aliphatic carbocycles. The third-order valence-electron chi connectivity index (χ3n) is 4.36. The number of nitrogens with one attached hydrogen (secondary N) is 1. The quantitative estimate of drug-likeness (QED) is 0.821. The molecule has 1 aliphatic heterocycles. The first kappa shape index (κ1) is 16.2. The fourth-order valence-corrected chi connectivity index (χ4v) is 3.25. The Morgan fingerprint density at radius 2 is 2.14 bits per heavy atom. The number of para-hydroxylation sites is 2. The molecule has 0 bridgehead atoms. The molecule has 1 aromatic rings. The van der Waals surface area contributed by atoms with Crippen molar-refractivity contribution in [2.45, 2.75) is 46.1 Å². The van der Waals surface area contributed by atoms with Gasteiger partial charge >= 0.3 is 0 Å². The maximum Gasteiger partial charge on any atom is 0.142 e. The molecule has 0 radical (unpaired) electrons. The van der Waals surface area contributed by atoms with E-state index in [0.29, 0.717) is 12.6 Å². The fourth-order valence-electron chi connectivity index (χ4n) is 3.25. The Balaban J connectivity index is 1.95. The highest BCUT2D eigenvalue weighted by Crippen LogP contribution is 2.28. The van der Waals surface area contributed by atoms with Crippen molar-refractivity contribution in [2.75, 3.05) is 31.6 Å². The first-order valence-electron chi connectivity index (χ1n) is 8.45. The maximum absolute atomic E-state index is 5.71. The standard InChI is InChI=1S/C18H30N2O/c1-4-12-20-13-8-9-16(14-20)15(3)19-17-10-6-7-11-18(17)21-5-2/h6-7,10-11,15-16,19H,4-5,8-9,12-14H2,1-3H3. The summed E-state index contributed by atoms with van der Waals surface area (Å²) in [4.78, 5) is 2.61. The zero-order valence-electron chi connectivity index (χ0n) is 13.8. The van der Waals surface area contributed by atoms with Crippen LogP contribution in [0.2, 0.25) is 0 Å². The first-order valence-corrected chi connectivity index (χ1v) is 8.45. The molecule has 1 heterocycles. The molecule has 2 unspecified atom stereocenters. The molecular weight excluding hydrogens is 260 g/mol. The van der Waals surface area contributed by atoms with Crippen LogP contribution in [0.15, 0.2) is 24.3 Å². The number of piperidine rings is 1. The molecule has 3 heteroatoms. The van der Waals surface area contributed by atoms with Gasteiger partial charge in [-0.25, -0.2) is 0 Å². The number of likely N-dealkylation sites (tertiary alicyclic amines) is 1. The van der Waals surface area contributed by atoms with Crippen LogP contribution in [0.3, 0.4) is 0 Å². The molecule has 1 N–H and O–H groups in total. The molecule has 3 nitrogen and oxygen atoms in total. The molecule has 21 heavy (non-hydrogen) atoms. The molecule has 1 aliphatic rings. The zero-order chi connectivity index (χ0) is 15.1.